The van der Waals surface area contributed by atoms with Crippen LogP contribution in [-0.4, -0.2) is 55.4 Å². The number of rotatable bonds is 6. The Balaban J connectivity index is 1.54. The van der Waals surface area contributed by atoms with E-state index in [2.05, 4.69) is 10.2 Å². The summed E-state index contributed by atoms with van der Waals surface area (Å²) in [5.41, 5.74) is 1.40. The number of ether oxygens (including phenoxy) is 3. The number of carbonyl (C=O) groups excluding carboxylic acids is 1. The van der Waals surface area contributed by atoms with E-state index in [1.807, 2.05) is 21.7 Å². The second-order valence-electron chi connectivity index (χ2n) is 6.96. The fourth-order valence-electron chi connectivity index (χ4n) is 3.65. The van der Waals surface area contributed by atoms with E-state index in [-0.39, 0.29) is 11.8 Å². The lowest BCUT2D eigenvalue weighted by Crippen LogP contribution is -2.39. The van der Waals surface area contributed by atoms with E-state index in [4.69, 9.17) is 18.6 Å². The lowest BCUT2D eigenvalue weighted by Gasteiger charge is -2.31. The molecule has 1 aliphatic rings. The molecule has 1 fully saturated rings. The Morgan fingerprint density at radius 1 is 1.17 bits per heavy atom. The molecule has 0 bridgehead atoms. The van der Waals surface area contributed by atoms with Gasteiger partial charge in [0, 0.05) is 29.6 Å². The van der Waals surface area contributed by atoms with Crippen LogP contribution >= 0.6 is 11.3 Å². The average molecular weight is 429 g/mol. The van der Waals surface area contributed by atoms with Gasteiger partial charge >= 0.3 is 0 Å². The SMILES string of the molecule is COc1cc(C(=O)N2CCCC(c3nnc(-c4ccsc4)o3)C2)cc(OC)c1OC. The second-order valence-corrected chi connectivity index (χ2v) is 7.74. The van der Waals surface area contributed by atoms with Gasteiger partial charge in [-0.3, -0.25) is 4.79 Å². The first-order valence-corrected chi connectivity index (χ1v) is 10.5. The molecular weight excluding hydrogens is 406 g/mol. The zero-order valence-electron chi connectivity index (χ0n) is 17.1. The van der Waals surface area contributed by atoms with Crippen molar-refractivity contribution in [2.75, 3.05) is 34.4 Å². The number of nitrogens with zero attached hydrogens (tertiary/aromatic N) is 3. The minimum Gasteiger partial charge on any atom is -0.493 e. The number of amides is 1. The molecular formula is C21H23N3O5S. The predicted octanol–water partition coefficient (Wildman–Crippen LogP) is 3.84. The molecule has 1 unspecified atom stereocenters. The van der Waals surface area contributed by atoms with Crippen LogP contribution in [-0.2, 0) is 0 Å². The molecule has 1 saturated heterocycles. The topological polar surface area (TPSA) is 86.9 Å². The van der Waals surface area contributed by atoms with Gasteiger partial charge in [-0.2, -0.15) is 11.3 Å². The number of thiophene rings is 1. The van der Waals surface area contributed by atoms with Crippen LogP contribution in [0.2, 0.25) is 0 Å². The van der Waals surface area contributed by atoms with Gasteiger partial charge in [0.2, 0.25) is 17.5 Å². The number of aromatic nitrogens is 2. The van der Waals surface area contributed by atoms with Crippen molar-refractivity contribution < 1.29 is 23.4 Å². The van der Waals surface area contributed by atoms with E-state index < -0.39 is 0 Å². The van der Waals surface area contributed by atoms with Crippen LogP contribution in [0.25, 0.3) is 11.5 Å². The maximum Gasteiger partial charge on any atom is 0.254 e. The quantitative estimate of drug-likeness (QED) is 0.588. The molecule has 1 aromatic carbocycles. The number of hydrogen-bond donors (Lipinski definition) is 0. The summed E-state index contributed by atoms with van der Waals surface area (Å²) in [6, 6.07) is 5.30. The Morgan fingerprint density at radius 2 is 1.93 bits per heavy atom. The molecule has 158 valence electrons. The molecule has 3 heterocycles. The van der Waals surface area contributed by atoms with Gasteiger partial charge in [0.15, 0.2) is 11.5 Å². The molecule has 1 atom stereocenters. The van der Waals surface area contributed by atoms with Crippen molar-refractivity contribution in [2.24, 2.45) is 0 Å². The molecule has 2 aromatic heterocycles. The van der Waals surface area contributed by atoms with E-state index in [1.165, 1.54) is 21.3 Å². The lowest BCUT2D eigenvalue weighted by atomic mass is 9.97. The van der Waals surface area contributed by atoms with Crippen molar-refractivity contribution in [1.82, 2.24) is 15.1 Å². The molecule has 0 saturated carbocycles. The second kappa shape index (κ2) is 8.74. The molecule has 9 heteroatoms. The molecule has 0 N–H and O–H groups in total. The normalized spacial score (nSPS) is 16.4. The van der Waals surface area contributed by atoms with E-state index in [1.54, 1.807) is 23.5 Å². The van der Waals surface area contributed by atoms with Crippen molar-refractivity contribution in [2.45, 2.75) is 18.8 Å². The molecule has 0 spiro atoms. The highest BCUT2D eigenvalue weighted by atomic mass is 32.1. The highest BCUT2D eigenvalue weighted by Crippen LogP contribution is 2.39. The first-order valence-electron chi connectivity index (χ1n) is 9.59. The maximum absolute atomic E-state index is 13.2. The van der Waals surface area contributed by atoms with Crippen LogP contribution in [0.5, 0.6) is 17.2 Å². The summed E-state index contributed by atoms with van der Waals surface area (Å²) in [7, 11) is 4.60. The highest BCUT2D eigenvalue weighted by molar-refractivity contribution is 7.08. The fraction of sp³-hybridized carbons (Fsp3) is 0.381. The first-order chi connectivity index (χ1) is 14.6. The predicted molar refractivity (Wildman–Crippen MR) is 112 cm³/mol. The summed E-state index contributed by atoms with van der Waals surface area (Å²) in [5.74, 6) is 2.34. The highest BCUT2D eigenvalue weighted by Gasteiger charge is 2.30. The monoisotopic (exact) mass is 429 g/mol. The summed E-state index contributed by atoms with van der Waals surface area (Å²) < 4.78 is 22.0. The standard InChI is InChI=1S/C21H23N3O5S/c1-26-16-9-15(10-17(27-2)18(16)28-3)21(25)24-7-4-5-13(11-24)19-22-23-20(29-19)14-6-8-30-12-14/h6,8-10,12-13H,4-5,7,11H2,1-3H3. The molecule has 0 aliphatic carbocycles. The largest absolute Gasteiger partial charge is 0.493 e. The van der Waals surface area contributed by atoms with Crippen LogP contribution in [0.1, 0.15) is 35.0 Å². The molecule has 30 heavy (non-hydrogen) atoms. The molecule has 1 amide bonds. The Labute approximate surface area is 178 Å². The summed E-state index contributed by atoms with van der Waals surface area (Å²) in [6.07, 6.45) is 1.75. The molecule has 3 aromatic rings. The summed E-state index contributed by atoms with van der Waals surface area (Å²) in [5, 5.41) is 12.3. The number of hydrogen-bond acceptors (Lipinski definition) is 8. The van der Waals surface area contributed by atoms with Crippen molar-refractivity contribution >= 4 is 17.2 Å². The number of piperidine rings is 1. The molecule has 0 radical (unpaired) electrons. The van der Waals surface area contributed by atoms with Crippen molar-refractivity contribution in [1.29, 1.82) is 0 Å². The van der Waals surface area contributed by atoms with Crippen molar-refractivity contribution in [3.05, 3.63) is 40.4 Å². The van der Waals surface area contributed by atoms with E-state index in [9.17, 15) is 4.79 Å². The van der Waals surface area contributed by atoms with E-state index >= 15 is 0 Å². The van der Waals surface area contributed by atoms with Crippen molar-refractivity contribution in [3.8, 4) is 28.7 Å². The summed E-state index contributed by atoms with van der Waals surface area (Å²) >= 11 is 1.58. The van der Waals surface area contributed by atoms with Gasteiger partial charge in [0.25, 0.3) is 5.91 Å². The van der Waals surface area contributed by atoms with Crippen LogP contribution in [0, 0.1) is 0 Å². The van der Waals surface area contributed by atoms with Gasteiger partial charge < -0.3 is 23.5 Å². The van der Waals surface area contributed by atoms with Gasteiger partial charge in [0.05, 0.1) is 27.2 Å². The zero-order chi connectivity index (χ0) is 21.1. The van der Waals surface area contributed by atoms with Crippen LogP contribution in [0.15, 0.2) is 33.4 Å². The Bertz CT molecular complexity index is 993. The first kappa shape index (κ1) is 20.2. The number of methoxy groups -OCH3 is 3. The molecule has 1 aliphatic heterocycles. The third-order valence-corrected chi connectivity index (χ3v) is 5.86. The summed E-state index contributed by atoms with van der Waals surface area (Å²) in [4.78, 5) is 15.0. The van der Waals surface area contributed by atoms with Gasteiger partial charge in [-0.05, 0) is 36.4 Å². The molecule has 8 nitrogen and oxygen atoms in total. The Morgan fingerprint density at radius 3 is 2.57 bits per heavy atom. The minimum absolute atomic E-state index is 0.00428. The lowest BCUT2D eigenvalue weighted by molar-refractivity contribution is 0.0697. The third-order valence-electron chi connectivity index (χ3n) is 5.18. The zero-order valence-corrected chi connectivity index (χ0v) is 17.9. The van der Waals surface area contributed by atoms with Crippen LogP contribution in [0.4, 0.5) is 0 Å². The van der Waals surface area contributed by atoms with E-state index in [0.717, 1.165) is 18.4 Å². The van der Waals surface area contributed by atoms with Gasteiger partial charge in [-0.15, -0.1) is 10.2 Å². The minimum atomic E-state index is -0.100. The maximum atomic E-state index is 13.2. The van der Waals surface area contributed by atoms with E-state index in [0.29, 0.717) is 47.7 Å². The molecule has 4 rings (SSSR count). The van der Waals surface area contributed by atoms with Gasteiger partial charge in [-0.1, -0.05) is 0 Å². The van der Waals surface area contributed by atoms with Gasteiger partial charge in [0.1, 0.15) is 0 Å². The van der Waals surface area contributed by atoms with Crippen LogP contribution < -0.4 is 14.2 Å². The third kappa shape index (κ3) is 3.85. The Hall–Kier alpha value is -3.07. The summed E-state index contributed by atoms with van der Waals surface area (Å²) in [6.45, 7) is 1.18. The Kier molecular flexibility index (Phi) is 5.89. The number of likely N-dealkylation sites (tertiary alicyclic amines) is 1. The average Bonchev–Trinajstić information content (AvgIpc) is 3.49. The smallest absolute Gasteiger partial charge is 0.254 e. The fourth-order valence-corrected chi connectivity index (χ4v) is 4.28. The van der Waals surface area contributed by atoms with Gasteiger partial charge in [-0.25, -0.2) is 0 Å². The van der Waals surface area contributed by atoms with Crippen LogP contribution in [0.3, 0.4) is 0 Å². The number of benzene rings is 1. The number of carbonyl (C=O) groups is 1. The van der Waals surface area contributed by atoms with Crippen molar-refractivity contribution in [3.63, 3.8) is 0 Å².